The van der Waals surface area contributed by atoms with E-state index in [2.05, 4.69) is 39.9 Å². The van der Waals surface area contributed by atoms with E-state index in [0.717, 1.165) is 32.2 Å². The van der Waals surface area contributed by atoms with Crippen LogP contribution in [0.2, 0.25) is 0 Å². The third kappa shape index (κ3) is 9.51. The maximum Gasteiger partial charge on any atom is 0.155 e. The highest BCUT2D eigenvalue weighted by Gasteiger charge is 2.34. The molecule has 4 heteroatoms. The van der Waals surface area contributed by atoms with E-state index in [1.165, 1.54) is 0 Å². The summed E-state index contributed by atoms with van der Waals surface area (Å²) in [5.41, 5.74) is 0.0453. The van der Waals surface area contributed by atoms with E-state index in [4.69, 9.17) is 0 Å². The van der Waals surface area contributed by atoms with Gasteiger partial charge < -0.3 is 5.32 Å². The van der Waals surface area contributed by atoms with Crippen molar-refractivity contribution < 1.29 is 8.42 Å². The second-order valence-corrected chi connectivity index (χ2v) is 11.8. The molecule has 0 atom stereocenters. The Morgan fingerprint density at radius 2 is 1.33 bits per heavy atom. The molecule has 21 heavy (non-hydrogen) atoms. The van der Waals surface area contributed by atoms with Gasteiger partial charge in [0, 0.05) is 5.54 Å². The minimum absolute atomic E-state index is 0.135. The lowest BCUT2D eigenvalue weighted by molar-refractivity contribution is 0.350. The second-order valence-electron chi connectivity index (χ2n) is 9.02. The summed E-state index contributed by atoms with van der Waals surface area (Å²) >= 11 is 0. The highest BCUT2D eigenvalue weighted by Crippen LogP contribution is 2.30. The van der Waals surface area contributed by atoms with Gasteiger partial charge in [0.25, 0.3) is 0 Å². The Morgan fingerprint density at radius 1 is 0.810 bits per heavy atom. The molecule has 0 saturated carbocycles. The van der Waals surface area contributed by atoms with Gasteiger partial charge in [-0.2, -0.15) is 0 Å². The fourth-order valence-corrected chi connectivity index (χ4v) is 3.78. The van der Waals surface area contributed by atoms with Crippen LogP contribution in [0.25, 0.3) is 0 Å². The summed E-state index contributed by atoms with van der Waals surface area (Å²) in [6, 6.07) is 0. The lowest BCUT2D eigenvalue weighted by Gasteiger charge is -2.29. The van der Waals surface area contributed by atoms with Gasteiger partial charge in [0.1, 0.15) is 0 Å². The molecule has 1 N–H and O–H groups in total. The van der Waals surface area contributed by atoms with E-state index in [1.54, 1.807) is 20.8 Å². The number of hydrogen-bond acceptors (Lipinski definition) is 3. The average molecular weight is 320 g/mol. The Kier molecular flexibility index (Phi) is 7.42. The minimum Gasteiger partial charge on any atom is -0.312 e. The van der Waals surface area contributed by atoms with Crippen LogP contribution in [0.15, 0.2) is 0 Å². The Morgan fingerprint density at radius 3 is 1.76 bits per heavy atom. The third-order valence-electron chi connectivity index (χ3n) is 3.70. The zero-order valence-corrected chi connectivity index (χ0v) is 16.3. The average Bonchev–Trinajstić information content (AvgIpc) is 2.18. The first kappa shape index (κ1) is 20.9. The van der Waals surface area contributed by atoms with E-state index < -0.39 is 14.6 Å². The van der Waals surface area contributed by atoms with Gasteiger partial charge in [-0.1, -0.05) is 26.7 Å². The summed E-state index contributed by atoms with van der Waals surface area (Å²) in [5.74, 6) is 0.281. The standard InChI is InChI=1S/C17H37NO2S/c1-15(2,3)18-13-11-9-10-12-17(7,8)14-21(19,20)16(4,5)6/h18H,9-14H2,1-8H3. The van der Waals surface area contributed by atoms with Crippen molar-refractivity contribution in [3.63, 3.8) is 0 Å². The number of unbranched alkanes of at least 4 members (excludes halogenated alkanes) is 2. The molecular weight excluding hydrogens is 282 g/mol. The summed E-state index contributed by atoms with van der Waals surface area (Å²) in [7, 11) is -3.03. The van der Waals surface area contributed by atoms with E-state index in [0.29, 0.717) is 0 Å². The van der Waals surface area contributed by atoms with Gasteiger partial charge in [0.05, 0.1) is 10.5 Å². The molecule has 128 valence electrons. The van der Waals surface area contributed by atoms with Crippen molar-refractivity contribution in [3.8, 4) is 0 Å². The predicted molar refractivity (Wildman–Crippen MR) is 93.5 cm³/mol. The summed E-state index contributed by atoms with van der Waals surface area (Å²) in [6.45, 7) is 17.1. The molecule has 0 bridgehead atoms. The van der Waals surface area contributed by atoms with Crippen LogP contribution in [-0.4, -0.2) is 31.0 Å². The lowest BCUT2D eigenvalue weighted by Crippen LogP contribution is -2.36. The topological polar surface area (TPSA) is 46.2 Å². The smallest absolute Gasteiger partial charge is 0.155 e. The largest absolute Gasteiger partial charge is 0.312 e. The van der Waals surface area contributed by atoms with E-state index in [9.17, 15) is 8.42 Å². The number of sulfone groups is 1. The fraction of sp³-hybridized carbons (Fsp3) is 1.00. The summed E-state index contributed by atoms with van der Waals surface area (Å²) in [4.78, 5) is 0. The van der Waals surface area contributed by atoms with Gasteiger partial charge in [-0.3, -0.25) is 0 Å². The molecule has 0 spiro atoms. The zero-order chi connectivity index (χ0) is 16.9. The molecule has 0 aromatic carbocycles. The molecule has 0 aliphatic heterocycles. The van der Waals surface area contributed by atoms with Crippen molar-refractivity contribution in [2.45, 2.75) is 91.4 Å². The van der Waals surface area contributed by atoms with Gasteiger partial charge in [-0.25, -0.2) is 8.42 Å². The van der Waals surface area contributed by atoms with Crippen molar-refractivity contribution >= 4 is 9.84 Å². The Labute approximate surface area is 133 Å². The van der Waals surface area contributed by atoms with Crippen molar-refractivity contribution in [2.75, 3.05) is 12.3 Å². The lowest BCUT2D eigenvalue weighted by atomic mass is 9.89. The molecule has 0 aliphatic rings. The summed E-state index contributed by atoms with van der Waals surface area (Å²) < 4.78 is 24.0. The molecule has 0 aliphatic carbocycles. The highest BCUT2D eigenvalue weighted by molar-refractivity contribution is 7.92. The van der Waals surface area contributed by atoms with Gasteiger partial charge in [0.15, 0.2) is 9.84 Å². The number of rotatable bonds is 8. The van der Waals surface area contributed by atoms with Crippen molar-refractivity contribution in [3.05, 3.63) is 0 Å². The van der Waals surface area contributed by atoms with Gasteiger partial charge in [0.2, 0.25) is 0 Å². The predicted octanol–water partition coefficient (Wildman–Crippen LogP) is 4.17. The van der Waals surface area contributed by atoms with E-state index >= 15 is 0 Å². The number of hydrogen-bond donors (Lipinski definition) is 1. The Balaban J connectivity index is 4.10. The van der Waals surface area contributed by atoms with Crippen LogP contribution in [0.4, 0.5) is 0 Å². The van der Waals surface area contributed by atoms with Crippen LogP contribution < -0.4 is 5.32 Å². The van der Waals surface area contributed by atoms with Crippen LogP contribution in [-0.2, 0) is 9.84 Å². The quantitative estimate of drug-likeness (QED) is 0.683. The van der Waals surface area contributed by atoms with Crippen molar-refractivity contribution in [2.24, 2.45) is 5.41 Å². The molecule has 0 aromatic heterocycles. The van der Waals surface area contributed by atoms with Gasteiger partial charge in [-0.15, -0.1) is 0 Å². The van der Waals surface area contributed by atoms with Crippen LogP contribution in [0.1, 0.15) is 81.1 Å². The van der Waals surface area contributed by atoms with Gasteiger partial charge in [-0.05, 0) is 66.3 Å². The molecular formula is C17H37NO2S. The monoisotopic (exact) mass is 319 g/mol. The summed E-state index contributed by atoms with van der Waals surface area (Å²) in [6.07, 6.45) is 4.37. The van der Waals surface area contributed by atoms with Crippen LogP contribution in [0.5, 0.6) is 0 Å². The molecule has 0 radical (unpaired) electrons. The normalized spacial score (nSPS) is 14.5. The Bertz CT molecular complexity index is 397. The maximum absolute atomic E-state index is 12.3. The van der Waals surface area contributed by atoms with E-state index in [-0.39, 0.29) is 16.7 Å². The molecule has 0 heterocycles. The first-order valence-electron chi connectivity index (χ1n) is 8.14. The number of nitrogens with one attached hydrogen (secondary N) is 1. The highest BCUT2D eigenvalue weighted by atomic mass is 32.2. The van der Waals surface area contributed by atoms with Crippen LogP contribution in [0.3, 0.4) is 0 Å². The minimum atomic E-state index is -3.03. The van der Waals surface area contributed by atoms with Crippen LogP contribution >= 0.6 is 0 Å². The molecule has 0 rings (SSSR count). The Hall–Kier alpha value is -0.0900. The van der Waals surface area contributed by atoms with Crippen LogP contribution in [0, 0.1) is 5.41 Å². The maximum atomic E-state index is 12.3. The molecule has 0 aromatic rings. The molecule has 0 fully saturated rings. The first-order chi connectivity index (χ1) is 9.16. The molecule has 0 saturated heterocycles. The molecule has 3 nitrogen and oxygen atoms in total. The SMILES string of the molecule is CC(C)(CCCCCNC(C)(C)C)CS(=O)(=O)C(C)(C)C. The zero-order valence-electron chi connectivity index (χ0n) is 15.5. The first-order valence-corrected chi connectivity index (χ1v) is 9.79. The third-order valence-corrected chi connectivity index (χ3v) is 6.73. The van der Waals surface area contributed by atoms with Crippen molar-refractivity contribution in [1.82, 2.24) is 5.32 Å². The summed E-state index contributed by atoms with van der Waals surface area (Å²) in [5, 5.41) is 3.48. The van der Waals surface area contributed by atoms with E-state index in [1.807, 2.05) is 0 Å². The second kappa shape index (κ2) is 7.45. The van der Waals surface area contributed by atoms with Crippen molar-refractivity contribution in [1.29, 1.82) is 0 Å². The molecule has 0 unspecified atom stereocenters. The van der Waals surface area contributed by atoms with Gasteiger partial charge >= 0.3 is 0 Å². The fourth-order valence-electron chi connectivity index (χ4n) is 2.17. The molecule has 0 amide bonds.